The summed E-state index contributed by atoms with van der Waals surface area (Å²) in [4.78, 5) is 25.5. The molecule has 0 radical (unpaired) electrons. The minimum Gasteiger partial charge on any atom is -0.444 e. The second-order valence-corrected chi connectivity index (χ2v) is 6.60. The van der Waals surface area contributed by atoms with E-state index in [4.69, 9.17) is 4.74 Å². The third kappa shape index (κ3) is 5.91. The first-order chi connectivity index (χ1) is 9.74. The van der Waals surface area contributed by atoms with Crippen LogP contribution in [0.3, 0.4) is 0 Å². The molecule has 0 bridgehead atoms. The van der Waals surface area contributed by atoms with Crippen LogP contribution in [-0.2, 0) is 9.53 Å². The lowest BCUT2D eigenvalue weighted by atomic mass is 9.96. The van der Waals surface area contributed by atoms with Crippen molar-refractivity contribution in [2.24, 2.45) is 0 Å². The number of carbonyl (C=O) groups excluding carboxylic acids is 2. The molecule has 0 spiro atoms. The molecule has 6 nitrogen and oxygen atoms in total. The quantitative estimate of drug-likeness (QED) is 0.827. The molecule has 122 valence electrons. The Balaban J connectivity index is 2.40. The average Bonchev–Trinajstić information content (AvgIpc) is 2.35. The van der Waals surface area contributed by atoms with Crippen LogP contribution in [0.1, 0.15) is 53.4 Å². The van der Waals surface area contributed by atoms with E-state index in [1.165, 1.54) is 0 Å². The SMILES string of the molecule is C[C@@H]1CCC[C@H](CO)N1C(=O)CCNC(=O)OC(C)(C)C. The van der Waals surface area contributed by atoms with Crippen molar-refractivity contribution in [3.63, 3.8) is 0 Å². The van der Waals surface area contributed by atoms with Crippen LogP contribution < -0.4 is 5.32 Å². The molecular formula is C15H28N2O4. The normalized spacial score (nSPS) is 22.8. The van der Waals surface area contributed by atoms with Gasteiger partial charge in [0.2, 0.25) is 5.91 Å². The Labute approximate surface area is 126 Å². The molecule has 1 heterocycles. The Bertz CT molecular complexity index is 365. The second-order valence-electron chi connectivity index (χ2n) is 6.60. The van der Waals surface area contributed by atoms with Crippen molar-refractivity contribution >= 4 is 12.0 Å². The molecule has 21 heavy (non-hydrogen) atoms. The van der Waals surface area contributed by atoms with Crippen LogP contribution in [0.2, 0.25) is 0 Å². The molecule has 6 heteroatoms. The van der Waals surface area contributed by atoms with Crippen LogP contribution in [0.15, 0.2) is 0 Å². The summed E-state index contributed by atoms with van der Waals surface area (Å²) in [6.45, 7) is 7.61. The Morgan fingerprint density at radius 1 is 1.33 bits per heavy atom. The lowest BCUT2D eigenvalue weighted by Gasteiger charge is -2.40. The second kappa shape index (κ2) is 7.64. The molecule has 2 amide bonds. The van der Waals surface area contributed by atoms with Gasteiger partial charge in [0.25, 0.3) is 0 Å². The van der Waals surface area contributed by atoms with E-state index in [-0.39, 0.29) is 37.6 Å². The summed E-state index contributed by atoms with van der Waals surface area (Å²) in [6, 6.07) is 0.0488. The fourth-order valence-electron chi connectivity index (χ4n) is 2.63. The maximum atomic E-state index is 12.3. The average molecular weight is 300 g/mol. The number of hydrogen-bond acceptors (Lipinski definition) is 4. The van der Waals surface area contributed by atoms with Crippen molar-refractivity contribution in [2.75, 3.05) is 13.2 Å². The molecule has 1 fully saturated rings. The molecule has 0 aromatic heterocycles. The summed E-state index contributed by atoms with van der Waals surface area (Å²) in [6.07, 6.45) is 2.54. The number of hydrogen-bond donors (Lipinski definition) is 2. The first-order valence-corrected chi connectivity index (χ1v) is 7.63. The van der Waals surface area contributed by atoms with Gasteiger partial charge in [0.1, 0.15) is 5.60 Å². The van der Waals surface area contributed by atoms with Crippen molar-refractivity contribution in [3.8, 4) is 0 Å². The molecule has 0 saturated carbocycles. The Hall–Kier alpha value is -1.30. The molecule has 2 N–H and O–H groups in total. The van der Waals surface area contributed by atoms with Gasteiger partial charge in [-0.1, -0.05) is 0 Å². The van der Waals surface area contributed by atoms with E-state index in [9.17, 15) is 14.7 Å². The van der Waals surface area contributed by atoms with Gasteiger partial charge in [-0.3, -0.25) is 4.79 Å². The summed E-state index contributed by atoms with van der Waals surface area (Å²) in [7, 11) is 0. The molecule has 1 rings (SSSR count). The third-order valence-corrected chi connectivity index (χ3v) is 3.53. The van der Waals surface area contributed by atoms with E-state index in [0.717, 1.165) is 19.3 Å². The smallest absolute Gasteiger partial charge is 0.407 e. The standard InChI is InChI=1S/C15H28N2O4/c1-11-6-5-7-12(10-18)17(11)13(19)8-9-16-14(20)21-15(2,3)4/h11-12,18H,5-10H2,1-4H3,(H,16,20)/t11-,12-/m1/s1. The Morgan fingerprint density at radius 2 is 2.00 bits per heavy atom. The van der Waals surface area contributed by atoms with E-state index in [0.29, 0.717) is 0 Å². The summed E-state index contributed by atoms with van der Waals surface area (Å²) in [5.41, 5.74) is -0.544. The highest BCUT2D eigenvalue weighted by Crippen LogP contribution is 2.23. The molecular weight excluding hydrogens is 272 g/mol. The van der Waals surface area contributed by atoms with Crippen molar-refractivity contribution in [1.29, 1.82) is 0 Å². The summed E-state index contributed by atoms with van der Waals surface area (Å²) < 4.78 is 5.11. The van der Waals surface area contributed by atoms with Gasteiger partial charge in [-0.2, -0.15) is 0 Å². The van der Waals surface area contributed by atoms with Crippen LogP contribution in [0, 0.1) is 0 Å². The number of nitrogens with one attached hydrogen (secondary N) is 1. The summed E-state index contributed by atoms with van der Waals surface area (Å²) in [5, 5.41) is 12.0. The highest BCUT2D eigenvalue weighted by atomic mass is 16.6. The van der Waals surface area contributed by atoms with Gasteiger partial charge >= 0.3 is 6.09 Å². The fraction of sp³-hybridized carbons (Fsp3) is 0.867. The third-order valence-electron chi connectivity index (χ3n) is 3.53. The number of likely N-dealkylation sites (tertiary alicyclic amines) is 1. The lowest BCUT2D eigenvalue weighted by molar-refractivity contribution is -0.138. The predicted octanol–water partition coefficient (Wildman–Crippen LogP) is 1.66. The van der Waals surface area contributed by atoms with Crippen molar-refractivity contribution in [2.45, 2.75) is 71.1 Å². The van der Waals surface area contributed by atoms with Gasteiger partial charge in [-0.25, -0.2) is 4.79 Å². The minimum absolute atomic E-state index is 0.00439. The zero-order valence-corrected chi connectivity index (χ0v) is 13.5. The van der Waals surface area contributed by atoms with Gasteiger partial charge < -0.3 is 20.1 Å². The number of rotatable bonds is 4. The Morgan fingerprint density at radius 3 is 2.57 bits per heavy atom. The monoisotopic (exact) mass is 300 g/mol. The van der Waals surface area contributed by atoms with Crippen LogP contribution in [0.4, 0.5) is 4.79 Å². The van der Waals surface area contributed by atoms with Crippen molar-refractivity contribution < 1.29 is 19.4 Å². The minimum atomic E-state index is -0.544. The van der Waals surface area contributed by atoms with E-state index < -0.39 is 11.7 Å². The number of aliphatic hydroxyl groups excluding tert-OH is 1. The van der Waals surface area contributed by atoms with E-state index in [2.05, 4.69) is 5.32 Å². The first kappa shape index (κ1) is 17.8. The van der Waals surface area contributed by atoms with Crippen LogP contribution >= 0.6 is 0 Å². The molecule has 0 aromatic carbocycles. The lowest BCUT2D eigenvalue weighted by Crippen LogP contribution is -2.51. The van der Waals surface area contributed by atoms with Gasteiger partial charge in [0.05, 0.1) is 12.6 Å². The van der Waals surface area contributed by atoms with Crippen molar-refractivity contribution in [3.05, 3.63) is 0 Å². The number of ether oxygens (including phenoxy) is 1. The summed E-state index contributed by atoms with van der Waals surface area (Å²) in [5.74, 6) is -0.0303. The number of alkyl carbamates (subject to hydrolysis) is 1. The molecule has 0 aromatic rings. The molecule has 0 aliphatic carbocycles. The van der Waals surface area contributed by atoms with E-state index in [1.54, 1.807) is 25.7 Å². The number of aliphatic hydroxyl groups is 1. The first-order valence-electron chi connectivity index (χ1n) is 7.63. The Kier molecular flexibility index (Phi) is 6.45. The van der Waals surface area contributed by atoms with Gasteiger partial charge in [0, 0.05) is 19.0 Å². The zero-order valence-electron chi connectivity index (χ0n) is 13.5. The van der Waals surface area contributed by atoms with E-state index >= 15 is 0 Å². The van der Waals surface area contributed by atoms with Crippen LogP contribution in [-0.4, -0.2) is 52.8 Å². The number of amides is 2. The van der Waals surface area contributed by atoms with Crippen molar-refractivity contribution in [1.82, 2.24) is 10.2 Å². The van der Waals surface area contributed by atoms with Gasteiger partial charge in [0.15, 0.2) is 0 Å². The van der Waals surface area contributed by atoms with Crippen LogP contribution in [0.5, 0.6) is 0 Å². The predicted molar refractivity (Wildman–Crippen MR) is 79.9 cm³/mol. The zero-order chi connectivity index (χ0) is 16.0. The number of nitrogens with zero attached hydrogens (tertiary/aromatic N) is 1. The topological polar surface area (TPSA) is 78.9 Å². The molecule has 2 atom stereocenters. The molecule has 1 aliphatic heterocycles. The molecule has 1 aliphatic rings. The highest BCUT2D eigenvalue weighted by molar-refractivity contribution is 5.78. The molecule has 1 saturated heterocycles. The maximum absolute atomic E-state index is 12.3. The van der Waals surface area contributed by atoms with E-state index in [1.807, 2.05) is 6.92 Å². The number of piperidine rings is 1. The largest absolute Gasteiger partial charge is 0.444 e. The number of carbonyl (C=O) groups is 2. The summed E-state index contributed by atoms with van der Waals surface area (Å²) >= 11 is 0. The fourth-order valence-corrected chi connectivity index (χ4v) is 2.63. The van der Waals surface area contributed by atoms with Crippen LogP contribution in [0.25, 0.3) is 0 Å². The maximum Gasteiger partial charge on any atom is 0.407 e. The van der Waals surface area contributed by atoms with Gasteiger partial charge in [-0.05, 0) is 47.0 Å². The highest BCUT2D eigenvalue weighted by Gasteiger charge is 2.30. The molecule has 0 unspecified atom stereocenters. The van der Waals surface area contributed by atoms with Gasteiger partial charge in [-0.15, -0.1) is 0 Å².